The van der Waals surface area contributed by atoms with E-state index in [9.17, 15) is 4.79 Å². The Balaban J connectivity index is 1.24. The molecule has 0 heterocycles. The summed E-state index contributed by atoms with van der Waals surface area (Å²) >= 11 is 0. The lowest BCUT2D eigenvalue weighted by atomic mass is 9.78. The highest BCUT2D eigenvalue weighted by Crippen LogP contribution is 2.33. The van der Waals surface area contributed by atoms with Gasteiger partial charge in [0, 0.05) is 0 Å². The fraction of sp³-hybridized carbons (Fsp3) is 0.649. The van der Waals surface area contributed by atoms with Crippen LogP contribution in [0.3, 0.4) is 0 Å². The Morgan fingerprint density at radius 1 is 0.561 bits per heavy atom. The zero-order valence-corrected chi connectivity index (χ0v) is 26.0. The molecule has 4 heteroatoms. The monoisotopic (exact) mass is 564 g/mol. The third kappa shape index (κ3) is 13.8. The van der Waals surface area contributed by atoms with E-state index in [-0.39, 0.29) is 5.97 Å². The second-order valence-electron chi connectivity index (χ2n) is 12.1. The first-order valence-corrected chi connectivity index (χ1v) is 16.9. The molecule has 1 fully saturated rings. The van der Waals surface area contributed by atoms with Crippen LogP contribution < -0.4 is 14.2 Å². The van der Waals surface area contributed by atoms with Gasteiger partial charge in [-0.05, 0) is 79.6 Å². The number of carbonyl (C=O) groups is 1. The molecule has 0 bridgehead atoms. The molecule has 0 amide bonds. The first-order chi connectivity index (χ1) is 20.2. The number of hydrogen-bond acceptors (Lipinski definition) is 4. The van der Waals surface area contributed by atoms with Gasteiger partial charge in [-0.25, -0.2) is 4.79 Å². The predicted molar refractivity (Wildman–Crippen MR) is 170 cm³/mol. The number of esters is 1. The molecule has 1 aliphatic rings. The van der Waals surface area contributed by atoms with Crippen LogP contribution in [0.2, 0.25) is 0 Å². The van der Waals surface area contributed by atoms with Crippen molar-refractivity contribution in [3.05, 3.63) is 54.1 Å². The van der Waals surface area contributed by atoms with Crippen LogP contribution in [0, 0.1) is 11.8 Å². The van der Waals surface area contributed by atoms with Crippen LogP contribution in [0.4, 0.5) is 0 Å². The van der Waals surface area contributed by atoms with E-state index in [1.807, 2.05) is 24.3 Å². The maximum Gasteiger partial charge on any atom is 0.343 e. The van der Waals surface area contributed by atoms with Crippen molar-refractivity contribution in [2.45, 2.75) is 129 Å². The number of rotatable bonds is 21. The quantitative estimate of drug-likeness (QED) is 0.0859. The summed E-state index contributed by atoms with van der Waals surface area (Å²) in [5.74, 6) is 3.61. The Kier molecular flexibility index (Phi) is 16.4. The third-order valence-electron chi connectivity index (χ3n) is 8.58. The maximum atomic E-state index is 12.6. The van der Waals surface area contributed by atoms with E-state index >= 15 is 0 Å². The van der Waals surface area contributed by atoms with Crippen molar-refractivity contribution in [1.82, 2.24) is 0 Å². The van der Waals surface area contributed by atoms with Gasteiger partial charge in [-0.3, -0.25) is 0 Å². The van der Waals surface area contributed by atoms with Crippen molar-refractivity contribution in [3.63, 3.8) is 0 Å². The molecular formula is C37H56O4. The smallest absolute Gasteiger partial charge is 0.343 e. The molecule has 2 aromatic rings. The molecule has 0 unspecified atom stereocenters. The summed E-state index contributed by atoms with van der Waals surface area (Å²) in [4.78, 5) is 12.6. The Morgan fingerprint density at radius 3 is 1.59 bits per heavy atom. The Labute approximate surface area is 250 Å². The third-order valence-corrected chi connectivity index (χ3v) is 8.58. The summed E-state index contributed by atoms with van der Waals surface area (Å²) in [6.07, 6.45) is 23.8. The minimum atomic E-state index is -0.367. The molecular weight excluding hydrogens is 508 g/mol. The fourth-order valence-corrected chi connectivity index (χ4v) is 6.02. The van der Waals surface area contributed by atoms with Crippen LogP contribution in [0.5, 0.6) is 17.2 Å². The number of hydrogen-bond donors (Lipinski definition) is 0. The number of ether oxygens (including phenoxy) is 3. The van der Waals surface area contributed by atoms with Crippen LogP contribution in [0.25, 0.3) is 0 Å². The first kappa shape index (κ1) is 33.0. The van der Waals surface area contributed by atoms with Gasteiger partial charge in [-0.15, -0.1) is 0 Å². The fourth-order valence-electron chi connectivity index (χ4n) is 6.02. The molecule has 2 aromatic carbocycles. The topological polar surface area (TPSA) is 44.8 Å². The van der Waals surface area contributed by atoms with Gasteiger partial charge in [0.25, 0.3) is 0 Å². The zero-order chi connectivity index (χ0) is 29.0. The number of unbranched alkanes of at least 4 members (excludes halogenated alkanes) is 9. The van der Waals surface area contributed by atoms with Crippen molar-refractivity contribution < 1.29 is 19.0 Å². The van der Waals surface area contributed by atoms with Gasteiger partial charge in [0.15, 0.2) is 0 Å². The summed E-state index contributed by atoms with van der Waals surface area (Å²) in [6, 6.07) is 14.6. The van der Waals surface area contributed by atoms with Gasteiger partial charge < -0.3 is 14.2 Å². The summed E-state index contributed by atoms with van der Waals surface area (Å²) < 4.78 is 17.4. The van der Waals surface area contributed by atoms with E-state index in [0.29, 0.717) is 11.3 Å². The van der Waals surface area contributed by atoms with E-state index in [4.69, 9.17) is 14.2 Å². The minimum absolute atomic E-state index is 0.367. The van der Waals surface area contributed by atoms with Gasteiger partial charge in [0.05, 0.1) is 18.8 Å². The normalized spacial score (nSPS) is 16.8. The molecule has 41 heavy (non-hydrogen) atoms. The Hall–Kier alpha value is -2.49. The summed E-state index contributed by atoms with van der Waals surface area (Å²) in [5.41, 5.74) is 0.514. The lowest BCUT2D eigenvalue weighted by molar-refractivity contribution is 0.0734. The van der Waals surface area contributed by atoms with Crippen LogP contribution in [-0.2, 0) is 0 Å². The van der Waals surface area contributed by atoms with Crippen molar-refractivity contribution in [3.8, 4) is 17.2 Å². The lowest BCUT2D eigenvalue weighted by Crippen LogP contribution is -2.15. The van der Waals surface area contributed by atoms with Crippen LogP contribution in [-0.4, -0.2) is 19.2 Å². The molecule has 4 nitrogen and oxygen atoms in total. The molecule has 0 aromatic heterocycles. The molecule has 1 aliphatic carbocycles. The average molecular weight is 565 g/mol. The van der Waals surface area contributed by atoms with E-state index < -0.39 is 0 Å². The molecule has 0 N–H and O–H groups in total. The lowest BCUT2D eigenvalue weighted by Gasteiger charge is -2.28. The molecule has 0 atom stereocenters. The summed E-state index contributed by atoms with van der Waals surface area (Å²) in [7, 11) is 0. The van der Waals surface area contributed by atoms with Gasteiger partial charge in [-0.1, -0.05) is 110 Å². The highest BCUT2D eigenvalue weighted by Gasteiger charge is 2.20. The van der Waals surface area contributed by atoms with Crippen LogP contribution in [0.15, 0.2) is 48.5 Å². The summed E-state index contributed by atoms with van der Waals surface area (Å²) in [6.45, 7) is 6.02. The van der Waals surface area contributed by atoms with Crippen molar-refractivity contribution in [1.29, 1.82) is 0 Å². The predicted octanol–water partition coefficient (Wildman–Crippen LogP) is 11.0. The van der Waals surface area contributed by atoms with Crippen molar-refractivity contribution in [2.24, 2.45) is 11.8 Å². The van der Waals surface area contributed by atoms with E-state index in [1.54, 1.807) is 24.3 Å². The highest BCUT2D eigenvalue weighted by atomic mass is 16.5. The average Bonchev–Trinajstić information content (AvgIpc) is 3.00. The molecule has 228 valence electrons. The molecule has 0 spiro atoms. The van der Waals surface area contributed by atoms with Gasteiger partial charge in [-0.2, -0.15) is 0 Å². The van der Waals surface area contributed by atoms with Crippen LogP contribution in [0.1, 0.15) is 140 Å². The van der Waals surface area contributed by atoms with E-state index in [2.05, 4.69) is 13.8 Å². The molecule has 0 radical (unpaired) electrons. The van der Waals surface area contributed by atoms with Crippen molar-refractivity contribution >= 4 is 5.97 Å². The first-order valence-electron chi connectivity index (χ1n) is 16.9. The van der Waals surface area contributed by atoms with Gasteiger partial charge >= 0.3 is 5.97 Å². The molecule has 0 aliphatic heterocycles. The minimum Gasteiger partial charge on any atom is -0.494 e. The Morgan fingerprint density at radius 2 is 1.02 bits per heavy atom. The van der Waals surface area contributed by atoms with Gasteiger partial charge in [0.2, 0.25) is 0 Å². The van der Waals surface area contributed by atoms with Gasteiger partial charge in [0.1, 0.15) is 17.2 Å². The SMILES string of the molecule is CCCCCCCCCCCCOc1ccc(C(=O)Oc2ccc(OCCCC3CCC(CCC)CC3)cc2)cc1. The second kappa shape index (κ2) is 20.4. The molecule has 1 saturated carbocycles. The second-order valence-corrected chi connectivity index (χ2v) is 12.1. The molecule has 0 saturated heterocycles. The summed E-state index contributed by atoms with van der Waals surface area (Å²) in [5, 5.41) is 0. The largest absolute Gasteiger partial charge is 0.494 e. The van der Waals surface area contributed by atoms with Crippen LogP contribution >= 0.6 is 0 Å². The standard InChI is InChI=1S/C37H56O4/c1-3-5-6-7-8-9-10-11-12-13-29-39-34-23-21-33(22-24-34)37(38)41-36-27-25-35(26-28-36)40-30-14-16-32-19-17-31(15-4-2)18-20-32/h21-28,31-32H,3-20,29-30H2,1-2H3. The van der Waals surface area contributed by atoms with E-state index in [1.165, 1.54) is 103 Å². The zero-order valence-electron chi connectivity index (χ0n) is 26.0. The molecule has 3 rings (SSSR count). The van der Waals surface area contributed by atoms with Crippen molar-refractivity contribution in [2.75, 3.05) is 13.2 Å². The van der Waals surface area contributed by atoms with E-state index in [0.717, 1.165) is 49.4 Å². The maximum absolute atomic E-state index is 12.6. The number of carbonyl (C=O) groups excluding carboxylic acids is 1. The number of benzene rings is 2. The Bertz CT molecular complexity index is 928. The highest BCUT2D eigenvalue weighted by molar-refractivity contribution is 5.91.